The van der Waals surface area contributed by atoms with Crippen molar-refractivity contribution in [3.8, 4) is 5.75 Å². The number of carbonyl (C=O) groups is 2. The molecule has 0 radical (unpaired) electrons. The lowest BCUT2D eigenvalue weighted by Crippen LogP contribution is -2.35. The number of para-hydroxylation sites is 1. The zero-order chi connectivity index (χ0) is 16.8. The first-order chi connectivity index (χ1) is 11.0. The van der Waals surface area contributed by atoms with Crippen LogP contribution in [0.3, 0.4) is 0 Å². The average molecular weight is 316 g/mol. The minimum Gasteiger partial charge on any atom is -0.496 e. The van der Waals surface area contributed by atoms with Gasteiger partial charge in [0.05, 0.1) is 7.11 Å². The van der Waals surface area contributed by atoms with Crippen molar-refractivity contribution >= 4 is 17.5 Å². The second-order valence-corrected chi connectivity index (χ2v) is 4.91. The fourth-order valence-corrected chi connectivity index (χ4v) is 2.05. The molecule has 6 heteroatoms. The molecule has 5 nitrogen and oxygen atoms in total. The fourth-order valence-electron chi connectivity index (χ4n) is 2.05. The van der Waals surface area contributed by atoms with Gasteiger partial charge in [-0.15, -0.1) is 0 Å². The highest BCUT2D eigenvalue weighted by Gasteiger charge is 2.15. The number of nitrogens with one attached hydrogen (secondary N) is 2. The quantitative estimate of drug-likeness (QED) is 0.851. The Kier molecular flexibility index (Phi) is 5.30. The maximum atomic E-state index is 13.0. The van der Waals surface area contributed by atoms with Gasteiger partial charge in [-0.2, -0.15) is 0 Å². The van der Waals surface area contributed by atoms with Crippen LogP contribution in [0.2, 0.25) is 0 Å². The highest BCUT2D eigenvalue weighted by Crippen LogP contribution is 2.17. The van der Waals surface area contributed by atoms with E-state index in [1.807, 2.05) is 12.1 Å². The molecule has 0 unspecified atom stereocenters. The number of ether oxygens (including phenoxy) is 1. The van der Waals surface area contributed by atoms with Crippen molar-refractivity contribution in [3.63, 3.8) is 0 Å². The third-order valence-corrected chi connectivity index (χ3v) is 3.27. The molecule has 0 fully saturated rings. The highest BCUT2D eigenvalue weighted by molar-refractivity contribution is 6.39. The normalized spacial score (nSPS) is 10.0. The molecule has 0 saturated heterocycles. The molecule has 23 heavy (non-hydrogen) atoms. The molecule has 0 aromatic heterocycles. The van der Waals surface area contributed by atoms with Crippen molar-refractivity contribution in [1.29, 1.82) is 0 Å². The fraction of sp³-hybridized carbons (Fsp3) is 0.176. The Bertz CT molecular complexity index is 732. The summed E-state index contributed by atoms with van der Waals surface area (Å²) in [5, 5.41) is 4.97. The molecule has 2 aromatic carbocycles. The smallest absolute Gasteiger partial charge is 0.313 e. The van der Waals surface area contributed by atoms with E-state index in [9.17, 15) is 14.0 Å². The molecule has 0 aliphatic rings. The average Bonchev–Trinajstić information content (AvgIpc) is 2.55. The van der Waals surface area contributed by atoms with Gasteiger partial charge >= 0.3 is 11.8 Å². The molecule has 2 rings (SSSR count). The Morgan fingerprint density at radius 1 is 1.13 bits per heavy atom. The number of anilines is 1. The summed E-state index contributed by atoms with van der Waals surface area (Å²) in [7, 11) is 1.53. The predicted molar refractivity (Wildman–Crippen MR) is 84.6 cm³/mol. The Morgan fingerprint density at radius 2 is 1.87 bits per heavy atom. The van der Waals surface area contributed by atoms with Crippen LogP contribution in [0.5, 0.6) is 5.75 Å². The van der Waals surface area contributed by atoms with Crippen LogP contribution in [-0.4, -0.2) is 18.9 Å². The van der Waals surface area contributed by atoms with E-state index >= 15 is 0 Å². The molecule has 0 aliphatic carbocycles. The molecule has 2 N–H and O–H groups in total. The van der Waals surface area contributed by atoms with Gasteiger partial charge in [-0.05, 0) is 36.8 Å². The van der Waals surface area contributed by atoms with Crippen molar-refractivity contribution in [2.45, 2.75) is 13.5 Å². The number of methoxy groups -OCH3 is 1. The summed E-state index contributed by atoms with van der Waals surface area (Å²) in [4.78, 5) is 23.7. The van der Waals surface area contributed by atoms with Crippen LogP contribution in [-0.2, 0) is 16.1 Å². The second kappa shape index (κ2) is 7.40. The van der Waals surface area contributed by atoms with Crippen LogP contribution >= 0.6 is 0 Å². The number of amides is 2. The lowest BCUT2D eigenvalue weighted by molar-refractivity contribution is -0.136. The molecule has 0 atom stereocenters. The van der Waals surface area contributed by atoms with E-state index in [1.165, 1.54) is 25.3 Å². The van der Waals surface area contributed by atoms with Crippen LogP contribution in [0.15, 0.2) is 42.5 Å². The molecule has 0 aliphatic heterocycles. The van der Waals surface area contributed by atoms with Gasteiger partial charge in [-0.1, -0.05) is 18.2 Å². The maximum Gasteiger partial charge on any atom is 0.313 e. The van der Waals surface area contributed by atoms with E-state index in [-0.39, 0.29) is 6.54 Å². The molecule has 0 saturated carbocycles. The zero-order valence-corrected chi connectivity index (χ0v) is 12.9. The topological polar surface area (TPSA) is 67.4 Å². The Morgan fingerprint density at radius 3 is 2.57 bits per heavy atom. The molecular formula is C17H17FN2O3. The molecule has 0 heterocycles. The molecule has 0 bridgehead atoms. The predicted octanol–water partition coefficient (Wildman–Crippen LogP) is 2.40. The van der Waals surface area contributed by atoms with E-state index in [0.717, 1.165) is 5.56 Å². The van der Waals surface area contributed by atoms with E-state index in [0.29, 0.717) is 17.0 Å². The van der Waals surface area contributed by atoms with Crippen LogP contribution in [0.4, 0.5) is 10.1 Å². The first-order valence-electron chi connectivity index (χ1n) is 6.98. The number of aryl methyl sites for hydroxylation is 1. The van der Waals surface area contributed by atoms with E-state index in [1.54, 1.807) is 19.1 Å². The van der Waals surface area contributed by atoms with E-state index in [4.69, 9.17) is 4.74 Å². The van der Waals surface area contributed by atoms with E-state index in [2.05, 4.69) is 10.6 Å². The van der Waals surface area contributed by atoms with Crippen LogP contribution in [0, 0.1) is 12.7 Å². The number of halogens is 1. The third kappa shape index (κ3) is 4.29. The van der Waals surface area contributed by atoms with Gasteiger partial charge in [-0.3, -0.25) is 9.59 Å². The van der Waals surface area contributed by atoms with Gasteiger partial charge in [-0.25, -0.2) is 4.39 Å². The lowest BCUT2D eigenvalue weighted by Gasteiger charge is -2.10. The largest absolute Gasteiger partial charge is 0.496 e. The molecule has 2 amide bonds. The first kappa shape index (κ1) is 16.5. The molecular weight excluding hydrogens is 299 g/mol. The minimum absolute atomic E-state index is 0.165. The van der Waals surface area contributed by atoms with Crippen molar-refractivity contribution in [3.05, 3.63) is 59.4 Å². The Hall–Kier alpha value is -2.89. The lowest BCUT2D eigenvalue weighted by atomic mass is 10.2. The van der Waals surface area contributed by atoms with Gasteiger partial charge in [0.1, 0.15) is 11.6 Å². The Balaban J connectivity index is 1.96. The van der Waals surface area contributed by atoms with Crippen molar-refractivity contribution in [1.82, 2.24) is 5.32 Å². The number of benzene rings is 2. The summed E-state index contributed by atoms with van der Waals surface area (Å²) in [6, 6.07) is 11.1. The van der Waals surface area contributed by atoms with Crippen molar-refractivity contribution < 1.29 is 18.7 Å². The van der Waals surface area contributed by atoms with E-state index < -0.39 is 17.6 Å². The van der Waals surface area contributed by atoms with Crippen LogP contribution in [0.25, 0.3) is 0 Å². The van der Waals surface area contributed by atoms with Gasteiger partial charge in [0.15, 0.2) is 0 Å². The standard InChI is InChI=1S/C17H17FN2O3/c1-11-9-13(18)7-8-14(11)20-17(22)16(21)19-10-12-5-3-4-6-15(12)23-2/h3-9H,10H2,1-2H3,(H,19,21)(H,20,22). The summed E-state index contributed by atoms with van der Waals surface area (Å²) in [5.74, 6) is -1.36. The number of rotatable bonds is 4. The first-order valence-corrected chi connectivity index (χ1v) is 6.98. The zero-order valence-electron chi connectivity index (χ0n) is 12.9. The van der Waals surface area contributed by atoms with Gasteiger partial charge in [0, 0.05) is 17.8 Å². The third-order valence-electron chi connectivity index (χ3n) is 3.27. The monoisotopic (exact) mass is 316 g/mol. The number of carbonyl (C=O) groups excluding carboxylic acids is 2. The maximum absolute atomic E-state index is 13.0. The highest BCUT2D eigenvalue weighted by atomic mass is 19.1. The van der Waals surface area contributed by atoms with Crippen molar-refractivity contribution in [2.24, 2.45) is 0 Å². The summed E-state index contributed by atoms with van der Waals surface area (Å²) < 4.78 is 18.2. The Labute approximate surface area is 133 Å². The van der Waals surface area contributed by atoms with Crippen LogP contribution < -0.4 is 15.4 Å². The number of hydrogen-bond acceptors (Lipinski definition) is 3. The summed E-state index contributed by atoms with van der Waals surface area (Å²) in [5.41, 5.74) is 1.69. The summed E-state index contributed by atoms with van der Waals surface area (Å²) in [6.07, 6.45) is 0. The minimum atomic E-state index is -0.811. The number of hydrogen-bond donors (Lipinski definition) is 2. The molecule has 2 aromatic rings. The second-order valence-electron chi connectivity index (χ2n) is 4.91. The van der Waals surface area contributed by atoms with Gasteiger partial charge < -0.3 is 15.4 Å². The SMILES string of the molecule is COc1ccccc1CNC(=O)C(=O)Nc1ccc(F)cc1C. The summed E-state index contributed by atoms with van der Waals surface area (Å²) >= 11 is 0. The van der Waals surface area contributed by atoms with Gasteiger partial charge in [0.25, 0.3) is 0 Å². The van der Waals surface area contributed by atoms with Crippen LogP contribution in [0.1, 0.15) is 11.1 Å². The summed E-state index contributed by atoms with van der Waals surface area (Å²) in [6.45, 7) is 1.81. The molecule has 0 spiro atoms. The van der Waals surface area contributed by atoms with Crippen molar-refractivity contribution in [2.75, 3.05) is 12.4 Å². The molecule has 120 valence electrons. The van der Waals surface area contributed by atoms with Gasteiger partial charge in [0.2, 0.25) is 0 Å².